The summed E-state index contributed by atoms with van der Waals surface area (Å²) in [5, 5.41) is 8.92. The third-order valence-corrected chi connectivity index (χ3v) is 3.77. The highest BCUT2D eigenvalue weighted by Crippen LogP contribution is 2.22. The first-order valence-corrected chi connectivity index (χ1v) is 7.76. The van der Waals surface area contributed by atoms with Crippen LogP contribution in [0.3, 0.4) is 0 Å². The molecule has 0 aliphatic heterocycles. The van der Waals surface area contributed by atoms with Gasteiger partial charge in [-0.05, 0) is 48.6 Å². The van der Waals surface area contributed by atoms with E-state index in [2.05, 4.69) is 15.9 Å². The molecule has 0 radical (unpaired) electrons. The molecule has 0 spiro atoms. The van der Waals surface area contributed by atoms with Crippen molar-refractivity contribution in [2.24, 2.45) is 0 Å². The van der Waals surface area contributed by atoms with E-state index in [0.717, 1.165) is 0 Å². The minimum absolute atomic E-state index is 0.256. The van der Waals surface area contributed by atoms with Crippen molar-refractivity contribution in [1.82, 2.24) is 0 Å². The zero-order chi connectivity index (χ0) is 17.7. The number of hydrogen-bond acceptors (Lipinski definition) is 3. The minimum atomic E-state index is -1.02. The largest absolute Gasteiger partial charge is 0.496 e. The fourth-order valence-electron chi connectivity index (χ4n) is 2.14. The van der Waals surface area contributed by atoms with Gasteiger partial charge >= 0.3 is 5.97 Å². The number of methoxy groups -OCH3 is 1. The van der Waals surface area contributed by atoms with Gasteiger partial charge in [0.1, 0.15) is 11.6 Å². The number of halogens is 2. The van der Waals surface area contributed by atoms with Gasteiger partial charge in [0, 0.05) is 21.2 Å². The summed E-state index contributed by atoms with van der Waals surface area (Å²) < 4.78 is 19.5. The van der Waals surface area contributed by atoms with Crippen LogP contribution in [0.5, 0.6) is 5.75 Å². The fraction of sp³-hybridized carbons (Fsp3) is 0.111. The fourth-order valence-corrected chi connectivity index (χ4v) is 2.52. The lowest BCUT2D eigenvalue weighted by Crippen LogP contribution is -2.04. The van der Waals surface area contributed by atoms with E-state index in [1.165, 1.54) is 37.5 Å². The molecule has 0 saturated carbocycles. The van der Waals surface area contributed by atoms with Crippen LogP contribution in [0.2, 0.25) is 0 Å². The van der Waals surface area contributed by atoms with Crippen LogP contribution >= 0.6 is 15.9 Å². The Morgan fingerprint density at radius 3 is 2.67 bits per heavy atom. The number of carboxylic acids is 1. The predicted octanol–water partition coefficient (Wildman–Crippen LogP) is 4.12. The highest BCUT2D eigenvalue weighted by atomic mass is 79.9. The molecule has 6 heteroatoms. The van der Waals surface area contributed by atoms with Crippen molar-refractivity contribution in [2.45, 2.75) is 6.42 Å². The lowest BCUT2D eigenvalue weighted by molar-refractivity contribution is -0.136. The number of hydrogen-bond donors (Lipinski definition) is 1. The second-order valence-corrected chi connectivity index (χ2v) is 5.88. The zero-order valence-corrected chi connectivity index (χ0v) is 14.3. The average molecular weight is 393 g/mol. The number of benzene rings is 2. The summed E-state index contributed by atoms with van der Waals surface area (Å²) in [6.45, 7) is 0. The molecule has 0 saturated heterocycles. The summed E-state index contributed by atoms with van der Waals surface area (Å²) >= 11 is 3.24. The topological polar surface area (TPSA) is 63.6 Å². The average Bonchev–Trinajstić information content (AvgIpc) is 2.54. The maximum atomic E-state index is 13.7. The molecule has 0 heterocycles. The standard InChI is InChI=1S/C18H14BrFO4/c1-24-17-7-3-12(8-13(17)10-18(22)23)16(21)6-2-11-9-14(19)4-5-15(11)20/h2-9H,10H2,1H3,(H,22,23)/b6-2+. The van der Waals surface area contributed by atoms with Gasteiger partial charge in [-0.3, -0.25) is 9.59 Å². The molecule has 4 nitrogen and oxygen atoms in total. The van der Waals surface area contributed by atoms with E-state index in [9.17, 15) is 14.0 Å². The quantitative estimate of drug-likeness (QED) is 0.593. The highest BCUT2D eigenvalue weighted by Gasteiger charge is 2.11. The Kier molecular flexibility index (Phi) is 5.87. The van der Waals surface area contributed by atoms with Crippen LogP contribution in [0.25, 0.3) is 6.08 Å². The van der Waals surface area contributed by atoms with Gasteiger partial charge < -0.3 is 9.84 Å². The van der Waals surface area contributed by atoms with Crippen LogP contribution in [0.15, 0.2) is 46.9 Å². The van der Waals surface area contributed by atoms with E-state index in [1.54, 1.807) is 18.2 Å². The normalized spacial score (nSPS) is 10.8. The van der Waals surface area contributed by atoms with Crippen molar-refractivity contribution in [3.8, 4) is 5.75 Å². The van der Waals surface area contributed by atoms with Crippen molar-refractivity contribution in [2.75, 3.05) is 7.11 Å². The van der Waals surface area contributed by atoms with Crippen molar-refractivity contribution < 1.29 is 23.8 Å². The van der Waals surface area contributed by atoms with E-state index >= 15 is 0 Å². The van der Waals surface area contributed by atoms with E-state index in [4.69, 9.17) is 9.84 Å². The van der Waals surface area contributed by atoms with Crippen molar-refractivity contribution in [3.05, 3.63) is 69.5 Å². The Labute approximate surface area is 146 Å². The van der Waals surface area contributed by atoms with Crippen LogP contribution in [-0.2, 0) is 11.2 Å². The summed E-state index contributed by atoms with van der Waals surface area (Å²) in [6.07, 6.45) is 2.37. The van der Waals surface area contributed by atoms with Gasteiger partial charge in [0.05, 0.1) is 13.5 Å². The van der Waals surface area contributed by atoms with Crippen molar-refractivity contribution in [3.63, 3.8) is 0 Å². The van der Waals surface area contributed by atoms with Crippen LogP contribution in [-0.4, -0.2) is 24.0 Å². The molecule has 124 valence electrons. The number of carbonyl (C=O) groups is 2. The molecule has 24 heavy (non-hydrogen) atoms. The molecule has 0 aliphatic carbocycles. The van der Waals surface area contributed by atoms with Gasteiger partial charge in [-0.1, -0.05) is 15.9 Å². The molecular formula is C18H14BrFO4. The molecule has 2 aromatic rings. The monoisotopic (exact) mass is 392 g/mol. The van der Waals surface area contributed by atoms with Crippen molar-refractivity contribution in [1.29, 1.82) is 0 Å². The number of ketones is 1. The van der Waals surface area contributed by atoms with Crippen LogP contribution in [0.4, 0.5) is 4.39 Å². The Hall–Kier alpha value is -2.47. The second kappa shape index (κ2) is 7.88. The first kappa shape index (κ1) is 17.9. The molecule has 2 rings (SSSR count). The second-order valence-electron chi connectivity index (χ2n) is 4.96. The lowest BCUT2D eigenvalue weighted by Gasteiger charge is -2.08. The zero-order valence-electron chi connectivity index (χ0n) is 12.8. The summed E-state index contributed by atoms with van der Waals surface area (Å²) in [4.78, 5) is 23.1. The van der Waals surface area contributed by atoms with Crippen LogP contribution in [0, 0.1) is 5.82 Å². The summed E-state index contributed by atoms with van der Waals surface area (Å²) in [5.41, 5.74) is 0.980. The van der Waals surface area contributed by atoms with Gasteiger partial charge in [-0.15, -0.1) is 0 Å². The smallest absolute Gasteiger partial charge is 0.307 e. The molecule has 0 fully saturated rings. The molecule has 0 aliphatic rings. The first-order valence-electron chi connectivity index (χ1n) is 6.97. The molecule has 2 aromatic carbocycles. The van der Waals surface area contributed by atoms with Gasteiger partial charge in [0.25, 0.3) is 0 Å². The van der Waals surface area contributed by atoms with E-state index < -0.39 is 11.8 Å². The number of rotatable bonds is 6. The SMILES string of the molecule is COc1ccc(C(=O)/C=C/c2cc(Br)ccc2F)cc1CC(=O)O. The Morgan fingerprint density at radius 2 is 2.00 bits per heavy atom. The van der Waals surface area contributed by atoms with Gasteiger partial charge in [-0.2, -0.15) is 0 Å². The van der Waals surface area contributed by atoms with E-state index in [-0.39, 0.29) is 17.8 Å². The molecule has 0 aromatic heterocycles. The number of ether oxygens (including phenoxy) is 1. The summed E-state index contributed by atoms with van der Waals surface area (Å²) in [5.74, 6) is -1.42. The first-order chi connectivity index (χ1) is 11.4. The highest BCUT2D eigenvalue weighted by molar-refractivity contribution is 9.10. The summed E-state index contributed by atoms with van der Waals surface area (Å²) in [7, 11) is 1.43. The van der Waals surface area contributed by atoms with Crippen LogP contribution < -0.4 is 4.74 Å². The summed E-state index contributed by atoms with van der Waals surface area (Å²) in [6, 6.07) is 8.97. The van der Waals surface area contributed by atoms with Gasteiger partial charge in [0.15, 0.2) is 5.78 Å². The molecule has 0 unspecified atom stereocenters. The number of carbonyl (C=O) groups excluding carboxylic acids is 1. The minimum Gasteiger partial charge on any atom is -0.496 e. The van der Waals surface area contributed by atoms with E-state index in [0.29, 0.717) is 21.3 Å². The molecule has 1 N–H and O–H groups in total. The Balaban J connectivity index is 2.27. The lowest BCUT2D eigenvalue weighted by atomic mass is 10.0. The molecule has 0 bridgehead atoms. The van der Waals surface area contributed by atoms with E-state index in [1.807, 2.05) is 0 Å². The molecule has 0 atom stereocenters. The Morgan fingerprint density at radius 1 is 1.25 bits per heavy atom. The maximum absolute atomic E-state index is 13.7. The van der Waals surface area contributed by atoms with Crippen LogP contribution in [0.1, 0.15) is 21.5 Å². The third-order valence-electron chi connectivity index (χ3n) is 3.28. The Bertz CT molecular complexity index is 815. The van der Waals surface area contributed by atoms with Gasteiger partial charge in [-0.25, -0.2) is 4.39 Å². The maximum Gasteiger partial charge on any atom is 0.307 e. The molecular weight excluding hydrogens is 379 g/mol. The van der Waals surface area contributed by atoms with Crippen molar-refractivity contribution >= 4 is 33.8 Å². The predicted molar refractivity (Wildman–Crippen MR) is 91.8 cm³/mol. The van der Waals surface area contributed by atoms with Gasteiger partial charge in [0.2, 0.25) is 0 Å². The number of carboxylic acid groups (broad SMARTS) is 1. The third kappa shape index (κ3) is 4.52. The molecule has 0 amide bonds. The number of allylic oxidation sites excluding steroid dienone is 1. The number of aliphatic carboxylic acids is 1.